The van der Waals surface area contributed by atoms with Crippen molar-refractivity contribution in [3.63, 3.8) is 0 Å². The predicted molar refractivity (Wildman–Crippen MR) is 224 cm³/mol. The highest BCUT2D eigenvalue weighted by molar-refractivity contribution is 6.44. The number of aromatic hydroxyl groups is 4. The number of phenols is 4. The highest BCUT2D eigenvalue weighted by Crippen LogP contribution is 2.57. The molecule has 0 aliphatic carbocycles. The van der Waals surface area contributed by atoms with E-state index < -0.39 is 23.6 Å². The Morgan fingerprint density at radius 2 is 0.500 bits per heavy atom. The molecule has 2 aliphatic rings. The molecule has 2 heterocycles. The van der Waals surface area contributed by atoms with E-state index in [2.05, 4.69) is 10.6 Å². The summed E-state index contributed by atoms with van der Waals surface area (Å²) in [6, 6.07) is 29.4. The molecule has 14 nitrogen and oxygen atoms in total. The average molecular weight is 823 g/mol. The van der Waals surface area contributed by atoms with Crippen molar-refractivity contribution in [1.82, 2.24) is 10.6 Å². The minimum Gasteiger partial charge on any atom is -0.508 e. The van der Waals surface area contributed by atoms with E-state index in [1.54, 1.807) is 0 Å². The van der Waals surface area contributed by atoms with E-state index in [0.29, 0.717) is 0 Å². The van der Waals surface area contributed by atoms with Crippen LogP contribution in [0.2, 0.25) is 0 Å². The molecular formula is C48H26N2O12. The maximum Gasteiger partial charge on any atom is 0.258 e. The molecule has 0 radical (unpaired) electrons. The minimum atomic E-state index is -0.720. The molecule has 11 rings (SSSR count). The van der Waals surface area contributed by atoms with Crippen LogP contribution >= 0.6 is 0 Å². The summed E-state index contributed by atoms with van der Waals surface area (Å²) in [5.74, 6) is -1.72. The summed E-state index contributed by atoms with van der Waals surface area (Å²) in [5.41, 5.74) is 0.260. The zero-order chi connectivity index (χ0) is 42.6. The summed E-state index contributed by atoms with van der Waals surface area (Å²) < 4.78 is 26.5. The first-order chi connectivity index (χ1) is 30.0. The molecule has 4 amide bonds. The van der Waals surface area contributed by atoms with Crippen LogP contribution in [0.3, 0.4) is 0 Å². The lowest BCUT2D eigenvalue weighted by molar-refractivity contribution is 0.0828. The number of nitrogens with one attached hydrogen (secondary N) is 2. The smallest absolute Gasteiger partial charge is 0.258 e. The van der Waals surface area contributed by atoms with Gasteiger partial charge in [-0.1, -0.05) is 0 Å². The van der Waals surface area contributed by atoms with Crippen LogP contribution < -0.4 is 29.6 Å². The molecule has 0 saturated carbocycles. The van der Waals surface area contributed by atoms with Gasteiger partial charge < -0.3 is 39.4 Å². The van der Waals surface area contributed by atoms with Gasteiger partial charge in [-0.3, -0.25) is 29.8 Å². The van der Waals surface area contributed by atoms with Gasteiger partial charge in [-0.05, 0) is 121 Å². The first-order valence-corrected chi connectivity index (χ1v) is 18.9. The van der Waals surface area contributed by atoms with Gasteiger partial charge in [0.05, 0.1) is 22.3 Å². The van der Waals surface area contributed by atoms with Gasteiger partial charge in [0.25, 0.3) is 23.6 Å². The van der Waals surface area contributed by atoms with Crippen molar-refractivity contribution in [2.75, 3.05) is 0 Å². The fourth-order valence-corrected chi connectivity index (χ4v) is 8.24. The Bertz CT molecular complexity index is 2990. The highest BCUT2D eigenvalue weighted by atomic mass is 16.5. The summed E-state index contributed by atoms with van der Waals surface area (Å²) in [4.78, 5) is 55.7. The molecule has 0 spiro atoms. The average Bonchev–Trinajstić information content (AvgIpc) is 3.25. The normalized spacial score (nSPS) is 13.2. The zero-order valence-electron chi connectivity index (χ0n) is 31.6. The fraction of sp³-hybridized carbons (Fsp3) is 0. The third-order valence-corrected chi connectivity index (χ3v) is 10.9. The van der Waals surface area contributed by atoms with Crippen molar-refractivity contribution in [3.8, 4) is 69.0 Å². The molecular weight excluding hydrogens is 797 g/mol. The van der Waals surface area contributed by atoms with Crippen LogP contribution in [0.4, 0.5) is 0 Å². The monoisotopic (exact) mass is 822 g/mol. The van der Waals surface area contributed by atoms with Gasteiger partial charge in [0.15, 0.2) is 0 Å². The van der Waals surface area contributed by atoms with Gasteiger partial charge >= 0.3 is 0 Å². The third-order valence-electron chi connectivity index (χ3n) is 10.9. The van der Waals surface area contributed by atoms with Gasteiger partial charge in [0.2, 0.25) is 0 Å². The number of imide groups is 2. The van der Waals surface area contributed by atoms with Crippen molar-refractivity contribution < 1.29 is 58.6 Å². The molecule has 62 heavy (non-hydrogen) atoms. The van der Waals surface area contributed by atoms with E-state index in [1.807, 2.05) is 0 Å². The second-order valence-corrected chi connectivity index (χ2v) is 14.6. The molecule has 14 heteroatoms. The molecule has 0 bridgehead atoms. The summed E-state index contributed by atoms with van der Waals surface area (Å²) in [5, 5.41) is 47.5. The van der Waals surface area contributed by atoms with Gasteiger partial charge in [-0.2, -0.15) is 0 Å². The van der Waals surface area contributed by atoms with Gasteiger partial charge in [-0.25, -0.2) is 0 Å². The largest absolute Gasteiger partial charge is 0.508 e. The first-order valence-electron chi connectivity index (χ1n) is 18.9. The number of phenolic OH excluding ortho intramolecular Hbond substituents is 4. The minimum absolute atomic E-state index is 0.0324. The van der Waals surface area contributed by atoms with Crippen molar-refractivity contribution in [2.24, 2.45) is 0 Å². The molecule has 300 valence electrons. The second kappa shape index (κ2) is 13.2. The molecule has 0 unspecified atom stereocenters. The molecule has 0 aromatic heterocycles. The maximum atomic E-state index is 13.9. The summed E-state index contributed by atoms with van der Waals surface area (Å²) in [6.07, 6.45) is 0. The van der Waals surface area contributed by atoms with E-state index >= 15 is 0 Å². The molecule has 0 saturated heterocycles. The van der Waals surface area contributed by atoms with Crippen LogP contribution in [0, 0.1) is 0 Å². The van der Waals surface area contributed by atoms with E-state index in [0.717, 1.165) is 0 Å². The lowest BCUT2D eigenvalue weighted by Gasteiger charge is -2.28. The van der Waals surface area contributed by atoms with Crippen molar-refractivity contribution in [3.05, 3.63) is 144 Å². The lowest BCUT2D eigenvalue weighted by Crippen LogP contribution is -2.35. The van der Waals surface area contributed by atoms with Crippen LogP contribution in [0.5, 0.6) is 69.0 Å². The van der Waals surface area contributed by atoms with Crippen molar-refractivity contribution in [1.29, 1.82) is 0 Å². The second-order valence-electron chi connectivity index (χ2n) is 14.6. The van der Waals surface area contributed by atoms with E-state index in [9.17, 15) is 39.6 Å². The number of carbonyl (C=O) groups excluding carboxylic acids is 4. The van der Waals surface area contributed by atoms with Crippen LogP contribution in [0.25, 0.3) is 43.1 Å². The standard InChI is InChI=1S/C48H26N2O12/c51-21-1-9-25(10-2-21)59-33-17-29-37-30(46(56)49-45(29)55)19-35(61-27-13-5-23(53)6-14-27)41-42-36(62-28-15-7-24(54)8-16-28)20-32-38-31(47(57)50-48(32)58)18-34(40(44(38)42)39(33)43(37)41)60-26-11-3-22(52)4-12-26/h1-20,51-54H,(H,49,55,56)(H,50,57,58). The number of benzene rings is 9. The Hall–Kier alpha value is -9.04. The lowest BCUT2D eigenvalue weighted by atomic mass is 9.81. The Morgan fingerprint density at radius 1 is 0.290 bits per heavy atom. The molecule has 9 aromatic carbocycles. The summed E-state index contributed by atoms with van der Waals surface area (Å²) in [7, 11) is 0. The first kappa shape index (κ1) is 36.1. The maximum absolute atomic E-state index is 13.9. The predicted octanol–water partition coefficient (Wildman–Crippen LogP) is 9.50. The highest BCUT2D eigenvalue weighted by Gasteiger charge is 2.37. The number of carbonyl (C=O) groups is 4. The van der Waals surface area contributed by atoms with Crippen LogP contribution in [0.15, 0.2) is 121 Å². The number of hydrogen-bond donors (Lipinski definition) is 6. The van der Waals surface area contributed by atoms with Crippen molar-refractivity contribution >= 4 is 66.7 Å². The molecule has 9 aromatic rings. The molecule has 0 fully saturated rings. The third kappa shape index (κ3) is 5.58. The van der Waals surface area contributed by atoms with Crippen LogP contribution in [-0.2, 0) is 0 Å². The number of fused-ring (bicyclic) bond motifs is 2. The van der Waals surface area contributed by atoms with E-state index in [1.165, 1.54) is 121 Å². The number of ether oxygens (including phenoxy) is 4. The molecule has 6 N–H and O–H groups in total. The van der Waals surface area contributed by atoms with E-state index in [4.69, 9.17) is 18.9 Å². The van der Waals surface area contributed by atoms with E-state index in [-0.39, 0.29) is 134 Å². The van der Waals surface area contributed by atoms with Gasteiger partial charge in [-0.15, -0.1) is 0 Å². The quantitative estimate of drug-likeness (QED) is 0.0481. The Balaban J connectivity index is 1.40. The van der Waals surface area contributed by atoms with Crippen LogP contribution in [0.1, 0.15) is 41.4 Å². The van der Waals surface area contributed by atoms with Crippen LogP contribution in [-0.4, -0.2) is 44.1 Å². The topological polar surface area (TPSA) is 210 Å². The summed E-state index contributed by atoms with van der Waals surface area (Å²) in [6.45, 7) is 0. The number of rotatable bonds is 8. The zero-order valence-corrected chi connectivity index (χ0v) is 31.6. The fourth-order valence-electron chi connectivity index (χ4n) is 8.24. The molecule has 0 atom stereocenters. The SMILES string of the molecule is O=C1NC(=O)c2cc(Oc3ccc(O)cc3)c3c4c(Oc5ccc(O)cc5)cc5c6c(cc(Oc7ccc(O)cc7)c(c7c(Oc8ccc(O)cc8)cc1c2c73)c64)C(=O)NC5=O. The van der Waals surface area contributed by atoms with Gasteiger partial charge in [0.1, 0.15) is 69.0 Å². The summed E-state index contributed by atoms with van der Waals surface area (Å²) >= 11 is 0. The Labute approximate surface area is 347 Å². The number of hydrogen-bond acceptors (Lipinski definition) is 12. The van der Waals surface area contributed by atoms with Crippen molar-refractivity contribution in [2.45, 2.75) is 0 Å². The molecule has 2 aliphatic heterocycles. The van der Waals surface area contributed by atoms with Gasteiger partial charge in [0, 0.05) is 43.1 Å². The number of amides is 4. The Morgan fingerprint density at radius 3 is 0.710 bits per heavy atom. The Kier molecular flexibility index (Phi) is 7.70.